The average Bonchev–Trinajstić information content (AvgIpc) is 2.05. The third-order valence-corrected chi connectivity index (χ3v) is 2.70. The Morgan fingerprint density at radius 2 is 2.33 bits per heavy atom. The van der Waals surface area contributed by atoms with Crippen molar-refractivity contribution < 1.29 is 0 Å². The normalized spacial score (nSPS) is 14.7. The fraction of sp³-hybridized carbons (Fsp3) is 0.125. The van der Waals surface area contributed by atoms with Crippen LogP contribution in [0.2, 0.25) is 5.02 Å². The number of rotatable bonds is 0. The lowest BCUT2D eigenvalue weighted by atomic mass is 10.3. The first-order valence-electron chi connectivity index (χ1n) is 3.53. The Kier molecular flexibility index (Phi) is 1.98. The van der Waals surface area contributed by atoms with Crippen molar-refractivity contribution in [2.24, 2.45) is 4.99 Å². The van der Waals surface area contributed by atoms with Crippen LogP contribution >= 0.6 is 23.5 Å². The standard InChI is InChI=1S/C8H7ClN2S/c1-5-10-7-3-2-6(9)4-8(7)12-11-5/h2-4H,1H3,(H,10,11). The fourth-order valence-electron chi connectivity index (χ4n) is 0.994. The number of hydrogen-bond acceptors (Lipinski definition) is 3. The van der Waals surface area contributed by atoms with Crippen molar-refractivity contribution in [3.63, 3.8) is 0 Å². The van der Waals surface area contributed by atoms with E-state index < -0.39 is 0 Å². The lowest BCUT2D eigenvalue weighted by molar-refractivity contribution is 1.27. The molecule has 0 spiro atoms. The molecule has 0 aliphatic carbocycles. The molecular formula is C8H7ClN2S. The summed E-state index contributed by atoms with van der Waals surface area (Å²) >= 11 is 7.37. The van der Waals surface area contributed by atoms with E-state index >= 15 is 0 Å². The van der Waals surface area contributed by atoms with Crippen LogP contribution in [-0.4, -0.2) is 5.84 Å². The van der Waals surface area contributed by atoms with Gasteiger partial charge in [0.25, 0.3) is 0 Å². The van der Waals surface area contributed by atoms with Crippen molar-refractivity contribution in [3.8, 4) is 0 Å². The molecule has 62 valence electrons. The molecule has 1 N–H and O–H groups in total. The first kappa shape index (κ1) is 7.95. The summed E-state index contributed by atoms with van der Waals surface area (Å²) in [6.45, 7) is 1.94. The van der Waals surface area contributed by atoms with Gasteiger partial charge in [-0.3, -0.25) is 0 Å². The van der Waals surface area contributed by atoms with Gasteiger partial charge in [0.05, 0.1) is 10.6 Å². The highest BCUT2D eigenvalue weighted by Gasteiger charge is 2.08. The minimum absolute atomic E-state index is 0.748. The molecule has 2 rings (SSSR count). The highest BCUT2D eigenvalue weighted by molar-refractivity contribution is 7.98. The summed E-state index contributed by atoms with van der Waals surface area (Å²) in [7, 11) is 0. The van der Waals surface area contributed by atoms with E-state index in [0.717, 1.165) is 21.4 Å². The molecule has 0 atom stereocenters. The first-order chi connectivity index (χ1) is 5.75. The summed E-state index contributed by atoms with van der Waals surface area (Å²) in [5.74, 6) is 0.926. The predicted molar refractivity (Wildman–Crippen MR) is 53.2 cm³/mol. The maximum atomic E-state index is 5.82. The van der Waals surface area contributed by atoms with Crippen LogP contribution < -0.4 is 4.72 Å². The number of nitrogens with zero attached hydrogens (tertiary/aromatic N) is 1. The van der Waals surface area contributed by atoms with E-state index in [4.69, 9.17) is 11.6 Å². The number of fused-ring (bicyclic) bond motifs is 1. The Balaban J connectivity index is 2.51. The molecular weight excluding hydrogens is 192 g/mol. The topological polar surface area (TPSA) is 24.4 Å². The van der Waals surface area contributed by atoms with Gasteiger partial charge in [0.1, 0.15) is 5.84 Å². The Labute approximate surface area is 80.2 Å². The molecule has 0 saturated carbocycles. The lowest BCUT2D eigenvalue weighted by Crippen LogP contribution is -2.13. The van der Waals surface area contributed by atoms with E-state index in [0.29, 0.717) is 0 Å². The van der Waals surface area contributed by atoms with Crippen molar-refractivity contribution in [3.05, 3.63) is 23.2 Å². The van der Waals surface area contributed by atoms with Gasteiger partial charge in [-0.2, -0.15) is 0 Å². The van der Waals surface area contributed by atoms with E-state index in [9.17, 15) is 0 Å². The van der Waals surface area contributed by atoms with Crippen LogP contribution in [0.1, 0.15) is 6.92 Å². The van der Waals surface area contributed by atoms with Crippen LogP contribution in [0.25, 0.3) is 0 Å². The van der Waals surface area contributed by atoms with Crippen molar-refractivity contribution in [2.75, 3.05) is 0 Å². The van der Waals surface area contributed by atoms with E-state index in [1.54, 1.807) is 11.9 Å². The number of amidine groups is 1. The molecule has 1 aliphatic rings. The summed E-state index contributed by atoms with van der Waals surface area (Å²) in [5.41, 5.74) is 0.987. The Morgan fingerprint density at radius 1 is 1.50 bits per heavy atom. The van der Waals surface area contributed by atoms with Crippen molar-refractivity contribution in [1.82, 2.24) is 4.72 Å². The summed E-state index contributed by atoms with van der Waals surface area (Å²) in [5, 5.41) is 0.748. The van der Waals surface area contributed by atoms with Crippen LogP contribution in [-0.2, 0) is 0 Å². The van der Waals surface area contributed by atoms with Crippen LogP contribution in [0, 0.1) is 0 Å². The second kappa shape index (κ2) is 2.99. The molecule has 4 heteroatoms. The molecule has 0 fully saturated rings. The summed E-state index contributed by atoms with van der Waals surface area (Å²) in [6.07, 6.45) is 0. The van der Waals surface area contributed by atoms with Crippen molar-refractivity contribution in [2.45, 2.75) is 11.8 Å². The minimum atomic E-state index is 0.748. The Morgan fingerprint density at radius 3 is 3.17 bits per heavy atom. The first-order valence-corrected chi connectivity index (χ1v) is 4.73. The van der Waals surface area contributed by atoms with Crippen LogP contribution in [0.5, 0.6) is 0 Å². The molecule has 2 nitrogen and oxygen atoms in total. The molecule has 1 heterocycles. The molecule has 1 aliphatic heterocycles. The van der Waals surface area contributed by atoms with Crippen molar-refractivity contribution in [1.29, 1.82) is 0 Å². The van der Waals surface area contributed by atoms with Crippen LogP contribution in [0.4, 0.5) is 5.69 Å². The smallest absolute Gasteiger partial charge is 0.109 e. The quantitative estimate of drug-likeness (QED) is 0.649. The second-order valence-electron chi connectivity index (χ2n) is 2.51. The average molecular weight is 199 g/mol. The molecule has 12 heavy (non-hydrogen) atoms. The summed E-state index contributed by atoms with van der Waals surface area (Å²) in [6, 6.07) is 5.68. The largest absolute Gasteiger partial charge is 0.314 e. The molecule has 0 unspecified atom stereocenters. The van der Waals surface area contributed by atoms with Gasteiger partial charge in [-0.1, -0.05) is 11.6 Å². The van der Waals surface area contributed by atoms with Gasteiger partial charge in [-0.15, -0.1) is 0 Å². The van der Waals surface area contributed by atoms with Gasteiger partial charge in [-0.05, 0) is 37.1 Å². The second-order valence-corrected chi connectivity index (χ2v) is 3.80. The molecule has 0 aromatic heterocycles. The number of aliphatic imine (C=N–C) groups is 1. The molecule has 1 aromatic rings. The van der Waals surface area contributed by atoms with E-state index in [1.807, 2.05) is 25.1 Å². The number of benzene rings is 1. The molecule has 0 amide bonds. The molecule has 0 saturated heterocycles. The highest BCUT2D eigenvalue weighted by atomic mass is 35.5. The monoisotopic (exact) mass is 198 g/mol. The third kappa shape index (κ3) is 1.42. The fourth-order valence-corrected chi connectivity index (χ4v) is 1.94. The highest BCUT2D eigenvalue weighted by Crippen LogP contribution is 2.33. The van der Waals surface area contributed by atoms with Gasteiger partial charge in [0.15, 0.2) is 0 Å². The van der Waals surface area contributed by atoms with Gasteiger partial charge >= 0.3 is 0 Å². The zero-order valence-electron chi connectivity index (χ0n) is 6.47. The Bertz CT molecular complexity index is 349. The zero-order chi connectivity index (χ0) is 8.55. The SMILES string of the molecule is CC1=Nc2ccc(Cl)cc2SN1. The van der Waals surface area contributed by atoms with E-state index in [-0.39, 0.29) is 0 Å². The summed E-state index contributed by atoms with van der Waals surface area (Å²) in [4.78, 5) is 5.39. The van der Waals surface area contributed by atoms with E-state index in [2.05, 4.69) is 9.71 Å². The van der Waals surface area contributed by atoms with Gasteiger partial charge < -0.3 is 4.72 Å². The Hall–Kier alpha value is -0.670. The predicted octanol–water partition coefficient (Wildman–Crippen LogP) is 3.00. The zero-order valence-corrected chi connectivity index (χ0v) is 8.04. The number of hydrogen-bond donors (Lipinski definition) is 1. The van der Waals surface area contributed by atoms with Gasteiger partial charge in [-0.25, -0.2) is 4.99 Å². The van der Waals surface area contributed by atoms with E-state index in [1.165, 1.54) is 0 Å². The maximum absolute atomic E-state index is 5.82. The number of halogens is 1. The van der Waals surface area contributed by atoms with Crippen LogP contribution in [0.3, 0.4) is 0 Å². The van der Waals surface area contributed by atoms with Crippen molar-refractivity contribution >= 4 is 35.1 Å². The molecule has 0 bridgehead atoms. The van der Waals surface area contributed by atoms with Gasteiger partial charge in [0, 0.05) is 5.02 Å². The lowest BCUT2D eigenvalue weighted by Gasteiger charge is -2.13. The number of nitrogens with one attached hydrogen (secondary N) is 1. The van der Waals surface area contributed by atoms with Crippen LogP contribution in [0.15, 0.2) is 28.1 Å². The maximum Gasteiger partial charge on any atom is 0.109 e. The third-order valence-electron chi connectivity index (χ3n) is 1.52. The van der Waals surface area contributed by atoms with Gasteiger partial charge in [0.2, 0.25) is 0 Å². The molecule has 0 radical (unpaired) electrons. The summed E-state index contributed by atoms with van der Waals surface area (Å²) < 4.78 is 3.07. The molecule has 1 aromatic carbocycles. The minimum Gasteiger partial charge on any atom is -0.314 e.